The summed E-state index contributed by atoms with van der Waals surface area (Å²) in [6.45, 7) is 0.240. The summed E-state index contributed by atoms with van der Waals surface area (Å²) in [5.74, 6) is -1.05. The van der Waals surface area contributed by atoms with Gasteiger partial charge in [0.2, 0.25) is 0 Å². The van der Waals surface area contributed by atoms with Gasteiger partial charge in [-0.1, -0.05) is 0 Å². The standard InChI is InChI=1S/C19H15F3N2O2/c1-11-7-13(8-12(2)17(11)26-19(21)22)9-14(10-23)18(25)24-16-5-3-15(20)4-6-16/h3-9,19H,1-2H3,(H,24,25)/b14-9+. The maximum absolute atomic E-state index is 12.9. The van der Waals surface area contributed by atoms with E-state index in [1.807, 2.05) is 0 Å². The quantitative estimate of drug-likeness (QED) is 0.627. The highest BCUT2D eigenvalue weighted by atomic mass is 19.3. The number of ether oxygens (including phenoxy) is 1. The maximum atomic E-state index is 12.9. The molecule has 1 amide bonds. The third-order valence-electron chi connectivity index (χ3n) is 3.47. The fourth-order valence-electron chi connectivity index (χ4n) is 2.39. The smallest absolute Gasteiger partial charge is 0.387 e. The summed E-state index contributed by atoms with van der Waals surface area (Å²) < 4.78 is 42.2. The zero-order valence-electron chi connectivity index (χ0n) is 14.0. The number of halogens is 3. The van der Waals surface area contributed by atoms with Crippen molar-refractivity contribution >= 4 is 17.7 Å². The minimum Gasteiger partial charge on any atom is -0.434 e. The van der Waals surface area contributed by atoms with Gasteiger partial charge >= 0.3 is 6.61 Å². The summed E-state index contributed by atoms with van der Waals surface area (Å²) in [6.07, 6.45) is 1.34. The second kappa shape index (κ2) is 8.21. The van der Waals surface area contributed by atoms with Crippen LogP contribution in [0.1, 0.15) is 16.7 Å². The second-order valence-electron chi connectivity index (χ2n) is 5.49. The van der Waals surface area contributed by atoms with Crippen LogP contribution in [-0.2, 0) is 4.79 Å². The lowest BCUT2D eigenvalue weighted by Crippen LogP contribution is -2.13. The van der Waals surface area contributed by atoms with Crippen molar-refractivity contribution in [2.45, 2.75) is 20.5 Å². The van der Waals surface area contributed by atoms with Crippen LogP contribution >= 0.6 is 0 Å². The van der Waals surface area contributed by atoms with Crippen LogP contribution in [0.3, 0.4) is 0 Å². The van der Waals surface area contributed by atoms with Gasteiger partial charge in [-0.05, 0) is 73.0 Å². The average molecular weight is 360 g/mol. The van der Waals surface area contributed by atoms with Crippen LogP contribution in [0.5, 0.6) is 5.75 Å². The highest BCUT2D eigenvalue weighted by molar-refractivity contribution is 6.09. The Balaban J connectivity index is 2.26. The van der Waals surface area contributed by atoms with Crippen LogP contribution < -0.4 is 10.1 Å². The summed E-state index contributed by atoms with van der Waals surface area (Å²) >= 11 is 0. The number of carbonyl (C=O) groups is 1. The molecule has 0 radical (unpaired) electrons. The normalized spacial score (nSPS) is 11.2. The Labute approximate surface area is 148 Å². The van der Waals surface area contributed by atoms with Gasteiger partial charge in [0.25, 0.3) is 5.91 Å². The molecule has 1 N–H and O–H groups in total. The van der Waals surface area contributed by atoms with E-state index in [0.29, 0.717) is 22.4 Å². The number of rotatable bonds is 5. The van der Waals surface area contributed by atoms with Crippen LogP contribution in [0.2, 0.25) is 0 Å². The topological polar surface area (TPSA) is 62.1 Å². The number of amides is 1. The first-order valence-corrected chi connectivity index (χ1v) is 7.55. The van der Waals surface area contributed by atoms with Gasteiger partial charge in [0.05, 0.1) is 0 Å². The van der Waals surface area contributed by atoms with Crippen molar-refractivity contribution in [3.05, 3.63) is 64.5 Å². The first-order valence-electron chi connectivity index (χ1n) is 7.55. The van der Waals surface area contributed by atoms with Crippen LogP contribution in [-0.4, -0.2) is 12.5 Å². The van der Waals surface area contributed by atoms with Crippen LogP contribution in [0.25, 0.3) is 6.08 Å². The van der Waals surface area contributed by atoms with Crippen molar-refractivity contribution in [2.24, 2.45) is 0 Å². The van der Waals surface area contributed by atoms with Crippen LogP contribution in [0.4, 0.5) is 18.9 Å². The molecule has 0 aromatic heterocycles. The van der Waals surface area contributed by atoms with E-state index in [9.17, 15) is 23.2 Å². The Hall–Kier alpha value is -3.27. The SMILES string of the molecule is Cc1cc(/C=C(\C#N)C(=O)Nc2ccc(F)cc2)cc(C)c1OC(F)F. The lowest BCUT2D eigenvalue weighted by atomic mass is 10.0. The number of carbonyl (C=O) groups excluding carboxylic acids is 1. The molecule has 0 bridgehead atoms. The summed E-state index contributed by atoms with van der Waals surface area (Å²) in [4.78, 5) is 12.2. The number of nitriles is 1. The van der Waals surface area contributed by atoms with E-state index in [-0.39, 0.29) is 11.3 Å². The second-order valence-corrected chi connectivity index (χ2v) is 5.49. The lowest BCUT2D eigenvalue weighted by molar-refractivity contribution is -0.112. The summed E-state index contributed by atoms with van der Waals surface area (Å²) in [7, 11) is 0. The van der Waals surface area contributed by atoms with E-state index < -0.39 is 18.3 Å². The van der Waals surface area contributed by atoms with Crippen molar-refractivity contribution < 1.29 is 22.7 Å². The van der Waals surface area contributed by atoms with Gasteiger partial charge in [-0.25, -0.2) is 4.39 Å². The molecule has 0 aliphatic carbocycles. The molecule has 0 aliphatic heterocycles. The largest absolute Gasteiger partial charge is 0.434 e. The fraction of sp³-hybridized carbons (Fsp3) is 0.158. The van der Waals surface area contributed by atoms with Gasteiger partial charge in [-0.2, -0.15) is 14.0 Å². The van der Waals surface area contributed by atoms with E-state index in [2.05, 4.69) is 10.1 Å². The Morgan fingerprint density at radius 1 is 1.19 bits per heavy atom. The summed E-state index contributed by atoms with van der Waals surface area (Å²) in [5.41, 5.74) is 1.55. The Kier molecular flexibility index (Phi) is 6.02. The average Bonchev–Trinajstić information content (AvgIpc) is 2.57. The van der Waals surface area contributed by atoms with Gasteiger partial charge in [-0.15, -0.1) is 0 Å². The Bertz CT molecular complexity index is 862. The lowest BCUT2D eigenvalue weighted by Gasteiger charge is -2.12. The van der Waals surface area contributed by atoms with Crippen molar-refractivity contribution in [2.75, 3.05) is 5.32 Å². The maximum Gasteiger partial charge on any atom is 0.387 e. The molecule has 0 aliphatic rings. The van der Waals surface area contributed by atoms with Gasteiger partial charge in [0.1, 0.15) is 23.2 Å². The Morgan fingerprint density at radius 2 is 1.77 bits per heavy atom. The molecular weight excluding hydrogens is 345 g/mol. The molecule has 0 unspecified atom stereocenters. The van der Waals surface area contributed by atoms with Crippen molar-refractivity contribution in [1.82, 2.24) is 0 Å². The summed E-state index contributed by atoms with van der Waals surface area (Å²) in [6, 6.07) is 9.96. The van der Waals surface area contributed by atoms with Gasteiger partial charge < -0.3 is 10.1 Å². The van der Waals surface area contributed by atoms with E-state index in [1.54, 1.807) is 19.9 Å². The zero-order valence-corrected chi connectivity index (χ0v) is 14.0. The number of aryl methyl sites for hydroxylation is 2. The number of nitrogens with zero attached hydrogens (tertiary/aromatic N) is 1. The molecule has 2 rings (SSSR count). The number of hydrogen-bond donors (Lipinski definition) is 1. The van der Waals surface area contributed by atoms with Gasteiger partial charge in [-0.3, -0.25) is 4.79 Å². The number of benzene rings is 2. The van der Waals surface area contributed by atoms with E-state index in [4.69, 9.17) is 0 Å². The van der Waals surface area contributed by atoms with E-state index in [0.717, 1.165) is 0 Å². The first-order chi connectivity index (χ1) is 12.3. The minimum atomic E-state index is -2.94. The van der Waals surface area contributed by atoms with Gasteiger partial charge in [0, 0.05) is 5.69 Å². The van der Waals surface area contributed by atoms with Crippen molar-refractivity contribution in [3.63, 3.8) is 0 Å². The molecule has 0 fully saturated rings. The molecule has 26 heavy (non-hydrogen) atoms. The van der Waals surface area contributed by atoms with E-state index in [1.165, 1.54) is 42.5 Å². The molecule has 0 spiro atoms. The highest BCUT2D eigenvalue weighted by Gasteiger charge is 2.13. The van der Waals surface area contributed by atoms with Crippen LogP contribution in [0.15, 0.2) is 42.0 Å². The predicted molar refractivity (Wildman–Crippen MR) is 91.2 cm³/mol. The molecule has 4 nitrogen and oxygen atoms in total. The monoisotopic (exact) mass is 360 g/mol. The molecule has 134 valence electrons. The van der Waals surface area contributed by atoms with Crippen LogP contribution in [0, 0.1) is 31.0 Å². The molecule has 7 heteroatoms. The number of anilines is 1. The predicted octanol–water partition coefficient (Wildman–Crippen LogP) is 4.59. The number of alkyl halides is 2. The third-order valence-corrected chi connectivity index (χ3v) is 3.47. The summed E-state index contributed by atoms with van der Waals surface area (Å²) in [5, 5.41) is 11.7. The fourth-order valence-corrected chi connectivity index (χ4v) is 2.39. The first kappa shape index (κ1) is 19.1. The Morgan fingerprint density at radius 3 is 2.27 bits per heavy atom. The van der Waals surface area contributed by atoms with Crippen molar-refractivity contribution in [3.8, 4) is 11.8 Å². The molecule has 0 heterocycles. The van der Waals surface area contributed by atoms with Gasteiger partial charge in [0.15, 0.2) is 0 Å². The molecular formula is C19H15F3N2O2. The minimum absolute atomic E-state index is 0.0615. The molecule has 0 saturated carbocycles. The zero-order chi connectivity index (χ0) is 19.3. The number of hydrogen-bond acceptors (Lipinski definition) is 3. The molecule has 0 atom stereocenters. The molecule has 2 aromatic rings. The number of nitrogens with one attached hydrogen (secondary N) is 1. The molecule has 2 aromatic carbocycles. The third kappa shape index (κ3) is 4.86. The molecule has 0 saturated heterocycles. The van der Waals surface area contributed by atoms with Crippen molar-refractivity contribution in [1.29, 1.82) is 5.26 Å². The highest BCUT2D eigenvalue weighted by Crippen LogP contribution is 2.27. The van der Waals surface area contributed by atoms with E-state index >= 15 is 0 Å².